The molecule has 0 fully saturated rings. The Morgan fingerprint density at radius 1 is 1.04 bits per heavy atom. The maximum atomic E-state index is 12.1. The van der Waals surface area contributed by atoms with Gasteiger partial charge in [0.25, 0.3) is 0 Å². The molecule has 0 aromatic heterocycles. The summed E-state index contributed by atoms with van der Waals surface area (Å²) in [6, 6.07) is 16.7. The molecular formula is C21H26N2O3. The molecule has 2 N–H and O–H groups in total. The van der Waals surface area contributed by atoms with E-state index in [9.17, 15) is 9.59 Å². The van der Waals surface area contributed by atoms with Gasteiger partial charge in [-0.1, -0.05) is 43.7 Å². The van der Waals surface area contributed by atoms with Crippen LogP contribution in [0.5, 0.6) is 0 Å². The van der Waals surface area contributed by atoms with Gasteiger partial charge in [0.2, 0.25) is 5.91 Å². The normalized spacial score (nSPS) is 11.5. The van der Waals surface area contributed by atoms with Crippen LogP contribution in [0, 0.1) is 0 Å². The summed E-state index contributed by atoms with van der Waals surface area (Å²) < 4.78 is 5.17. The molecule has 0 bridgehead atoms. The molecule has 0 saturated heterocycles. The van der Waals surface area contributed by atoms with Crippen molar-refractivity contribution in [3.05, 3.63) is 65.7 Å². The standard InChI is InChI=1S/C21H26N2O3/c1-3-4-14-26-21(25)18-10-12-19(13-11-18)22-15-20(24)23-16(2)17-8-6-5-7-9-17/h5-13,16,22H,3-4,14-15H2,1-2H3,(H,23,24)/t16-/m1/s1. The number of esters is 1. The number of unbranched alkanes of at least 4 members (excludes halogenated alkanes) is 1. The second kappa shape index (κ2) is 10.2. The molecule has 2 rings (SSSR count). The molecule has 5 heteroatoms. The second-order valence-corrected chi connectivity index (χ2v) is 6.12. The van der Waals surface area contributed by atoms with Crippen LogP contribution in [0.2, 0.25) is 0 Å². The van der Waals surface area contributed by atoms with Gasteiger partial charge in [-0.25, -0.2) is 4.79 Å². The van der Waals surface area contributed by atoms with E-state index in [4.69, 9.17) is 4.74 Å². The molecule has 0 heterocycles. The number of nitrogens with one attached hydrogen (secondary N) is 2. The highest BCUT2D eigenvalue weighted by Crippen LogP contribution is 2.12. The quantitative estimate of drug-likeness (QED) is 0.529. The number of amides is 1. The molecule has 138 valence electrons. The maximum absolute atomic E-state index is 12.1. The van der Waals surface area contributed by atoms with Crippen LogP contribution in [0.25, 0.3) is 0 Å². The summed E-state index contributed by atoms with van der Waals surface area (Å²) in [6.45, 7) is 4.60. The number of carbonyl (C=O) groups excluding carboxylic acids is 2. The minimum atomic E-state index is -0.320. The molecule has 2 aromatic carbocycles. The highest BCUT2D eigenvalue weighted by molar-refractivity contribution is 5.90. The molecule has 0 unspecified atom stereocenters. The van der Waals surface area contributed by atoms with E-state index in [1.54, 1.807) is 24.3 Å². The number of benzene rings is 2. The third-order valence-electron chi connectivity index (χ3n) is 3.98. The minimum Gasteiger partial charge on any atom is -0.462 e. The topological polar surface area (TPSA) is 67.4 Å². The predicted molar refractivity (Wildman–Crippen MR) is 103 cm³/mol. The third kappa shape index (κ3) is 6.24. The van der Waals surface area contributed by atoms with Crippen molar-refractivity contribution in [2.45, 2.75) is 32.7 Å². The summed E-state index contributed by atoms with van der Waals surface area (Å²) in [5.74, 6) is -0.413. The third-order valence-corrected chi connectivity index (χ3v) is 3.98. The Bertz CT molecular complexity index is 699. The van der Waals surface area contributed by atoms with E-state index < -0.39 is 0 Å². The van der Waals surface area contributed by atoms with Gasteiger partial charge in [-0.2, -0.15) is 0 Å². The van der Waals surface area contributed by atoms with E-state index in [0.717, 1.165) is 24.1 Å². The first-order chi connectivity index (χ1) is 12.6. The van der Waals surface area contributed by atoms with E-state index in [-0.39, 0.29) is 24.5 Å². The van der Waals surface area contributed by atoms with Gasteiger partial charge in [0, 0.05) is 5.69 Å². The van der Waals surface area contributed by atoms with Crippen LogP contribution in [0.3, 0.4) is 0 Å². The second-order valence-electron chi connectivity index (χ2n) is 6.12. The molecule has 2 aromatic rings. The van der Waals surface area contributed by atoms with E-state index in [0.29, 0.717) is 12.2 Å². The van der Waals surface area contributed by atoms with Gasteiger partial charge in [-0.05, 0) is 43.2 Å². The predicted octanol–water partition coefficient (Wildman–Crippen LogP) is 3.93. The fourth-order valence-electron chi connectivity index (χ4n) is 2.42. The van der Waals surface area contributed by atoms with E-state index >= 15 is 0 Å². The van der Waals surface area contributed by atoms with Gasteiger partial charge < -0.3 is 15.4 Å². The number of hydrogen-bond acceptors (Lipinski definition) is 4. The van der Waals surface area contributed by atoms with Crippen LogP contribution >= 0.6 is 0 Å². The van der Waals surface area contributed by atoms with Crippen molar-refractivity contribution in [3.63, 3.8) is 0 Å². The summed E-state index contributed by atoms with van der Waals surface area (Å²) in [7, 11) is 0. The van der Waals surface area contributed by atoms with E-state index in [1.807, 2.05) is 44.2 Å². The van der Waals surface area contributed by atoms with E-state index in [2.05, 4.69) is 10.6 Å². The lowest BCUT2D eigenvalue weighted by Gasteiger charge is -2.15. The average molecular weight is 354 g/mol. The zero-order valence-corrected chi connectivity index (χ0v) is 15.3. The largest absolute Gasteiger partial charge is 0.462 e. The highest BCUT2D eigenvalue weighted by atomic mass is 16.5. The van der Waals surface area contributed by atoms with Crippen molar-refractivity contribution >= 4 is 17.6 Å². The first-order valence-corrected chi connectivity index (χ1v) is 8.95. The van der Waals surface area contributed by atoms with Crippen LogP contribution in [-0.2, 0) is 9.53 Å². The molecule has 0 spiro atoms. The number of hydrogen-bond donors (Lipinski definition) is 2. The van der Waals surface area contributed by atoms with Crippen molar-refractivity contribution in [3.8, 4) is 0 Å². The Morgan fingerprint density at radius 3 is 2.38 bits per heavy atom. The Kier molecular flexibility index (Phi) is 7.68. The smallest absolute Gasteiger partial charge is 0.338 e. The lowest BCUT2D eigenvalue weighted by atomic mass is 10.1. The first-order valence-electron chi connectivity index (χ1n) is 8.95. The molecule has 0 saturated carbocycles. The first kappa shape index (κ1) is 19.5. The summed E-state index contributed by atoms with van der Waals surface area (Å²) in [5.41, 5.74) is 2.35. The molecule has 1 atom stereocenters. The molecular weight excluding hydrogens is 328 g/mol. The molecule has 26 heavy (non-hydrogen) atoms. The number of rotatable bonds is 9. The lowest BCUT2D eigenvalue weighted by Crippen LogP contribution is -2.32. The Balaban J connectivity index is 1.78. The fraction of sp³-hybridized carbons (Fsp3) is 0.333. The summed E-state index contributed by atoms with van der Waals surface area (Å²) in [5, 5.41) is 6.00. The van der Waals surface area contributed by atoms with Crippen molar-refractivity contribution in [2.24, 2.45) is 0 Å². The Hall–Kier alpha value is -2.82. The molecule has 5 nitrogen and oxygen atoms in total. The maximum Gasteiger partial charge on any atom is 0.338 e. The van der Waals surface area contributed by atoms with Crippen molar-refractivity contribution in [1.29, 1.82) is 0 Å². The SMILES string of the molecule is CCCCOC(=O)c1ccc(NCC(=O)N[C@H](C)c2ccccc2)cc1. The average Bonchev–Trinajstić information content (AvgIpc) is 2.67. The van der Waals surface area contributed by atoms with Gasteiger partial charge in [0.1, 0.15) is 0 Å². The van der Waals surface area contributed by atoms with Crippen molar-refractivity contribution in [1.82, 2.24) is 5.32 Å². The summed E-state index contributed by atoms with van der Waals surface area (Å²) in [6.07, 6.45) is 1.85. The van der Waals surface area contributed by atoms with Crippen LogP contribution < -0.4 is 10.6 Å². The summed E-state index contributed by atoms with van der Waals surface area (Å²) in [4.78, 5) is 23.9. The van der Waals surface area contributed by atoms with Crippen molar-refractivity contribution < 1.29 is 14.3 Å². The number of anilines is 1. The van der Waals surface area contributed by atoms with Gasteiger partial charge in [0.05, 0.1) is 24.8 Å². The molecule has 0 aliphatic rings. The molecule has 1 amide bonds. The Labute approximate surface area is 154 Å². The number of carbonyl (C=O) groups is 2. The monoisotopic (exact) mass is 354 g/mol. The molecule has 0 aliphatic carbocycles. The van der Waals surface area contributed by atoms with Crippen molar-refractivity contribution in [2.75, 3.05) is 18.5 Å². The fourth-order valence-corrected chi connectivity index (χ4v) is 2.42. The zero-order chi connectivity index (χ0) is 18.8. The Morgan fingerprint density at radius 2 is 1.73 bits per heavy atom. The zero-order valence-electron chi connectivity index (χ0n) is 15.3. The van der Waals surface area contributed by atoms with Gasteiger partial charge in [-0.3, -0.25) is 4.79 Å². The van der Waals surface area contributed by atoms with Gasteiger partial charge >= 0.3 is 5.97 Å². The minimum absolute atomic E-state index is 0.0502. The van der Waals surface area contributed by atoms with Crippen LogP contribution in [0.15, 0.2) is 54.6 Å². The van der Waals surface area contributed by atoms with Crippen LogP contribution in [0.1, 0.15) is 48.7 Å². The van der Waals surface area contributed by atoms with Gasteiger partial charge in [0.15, 0.2) is 0 Å². The summed E-state index contributed by atoms with van der Waals surface area (Å²) >= 11 is 0. The van der Waals surface area contributed by atoms with Crippen LogP contribution in [-0.4, -0.2) is 25.0 Å². The lowest BCUT2D eigenvalue weighted by molar-refractivity contribution is -0.120. The van der Waals surface area contributed by atoms with Gasteiger partial charge in [-0.15, -0.1) is 0 Å². The number of ether oxygens (including phenoxy) is 1. The van der Waals surface area contributed by atoms with Crippen LogP contribution in [0.4, 0.5) is 5.69 Å². The molecule has 0 radical (unpaired) electrons. The highest BCUT2D eigenvalue weighted by Gasteiger charge is 2.10. The van der Waals surface area contributed by atoms with E-state index in [1.165, 1.54) is 0 Å². The molecule has 0 aliphatic heterocycles.